The fraction of sp³-hybridized carbons (Fsp3) is 0.158. The van der Waals surface area contributed by atoms with Crippen LogP contribution in [0, 0.1) is 10.1 Å². The Morgan fingerprint density at radius 1 is 1.05 bits per heavy atom. The maximum absolute atomic E-state index is 13.1. The third-order valence-electron chi connectivity index (χ3n) is 4.86. The lowest BCUT2D eigenvalue weighted by Gasteiger charge is -2.14. The number of hydrogen-bond donors (Lipinski definition) is 4. The second kappa shape index (κ2) is 10.5. The van der Waals surface area contributed by atoms with E-state index in [-0.39, 0.29) is 24.0 Å². The van der Waals surface area contributed by atoms with Crippen LogP contribution in [0.3, 0.4) is 0 Å². The summed E-state index contributed by atoms with van der Waals surface area (Å²) in [6.07, 6.45) is -8.44. The van der Waals surface area contributed by atoms with Gasteiger partial charge in [0.05, 0.1) is 29.0 Å². The Bertz CT molecular complexity index is 1520. The number of anilines is 2. The monoisotopic (exact) mass is 581 g/mol. The number of rotatable bonds is 4. The van der Waals surface area contributed by atoms with Gasteiger partial charge in [0.1, 0.15) is 11.8 Å². The van der Waals surface area contributed by atoms with Crippen molar-refractivity contribution in [1.29, 1.82) is 0 Å². The summed E-state index contributed by atoms with van der Waals surface area (Å²) in [5.41, 5.74) is 2.10. The summed E-state index contributed by atoms with van der Waals surface area (Å²) in [5.74, 6) is -1.27. The molecule has 5 N–H and O–H groups in total. The topological polar surface area (TPSA) is 191 Å². The number of nitrogens with two attached hydrogens (primary N) is 1. The fourth-order valence-electron chi connectivity index (χ4n) is 3.12. The third kappa shape index (κ3) is 6.83. The van der Waals surface area contributed by atoms with E-state index in [1.54, 1.807) is 0 Å². The van der Waals surface area contributed by atoms with Gasteiger partial charge in [-0.1, -0.05) is 6.07 Å². The minimum absolute atomic E-state index is 0.0324. The van der Waals surface area contributed by atoms with Gasteiger partial charge in [0.25, 0.3) is 15.7 Å². The molecular formula is C19H14BF6N5O7S. The summed E-state index contributed by atoms with van der Waals surface area (Å²) in [4.78, 5) is 15.3. The maximum atomic E-state index is 13.1. The van der Waals surface area contributed by atoms with Crippen LogP contribution >= 0.6 is 0 Å². The van der Waals surface area contributed by atoms with E-state index in [2.05, 4.69) is 9.97 Å². The van der Waals surface area contributed by atoms with Gasteiger partial charge < -0.3 is 20.5 Å². The van der Waals surface area contributed by atoms with Crippen molar-refractivity contribution in [2.24, 2.45) is 0 Å². The standard InChI is InChI=1S/C13H11BF3N3O4S.C6H3F3N2O3/c15-13(16,17)10-3-8(18)5-19-12(10)25(22,23)20-9-2-1-7-6-24-14(21)11(7)4-9;7-6(8,9)4-1-3(11(13)14)2-10-5(4)12/h1-5,20-21H,6,18H2;1-2H,(H,10,12). The maximum Gasteiger partial charge on any atom is 0.491 e. The van der Waals surface area contributed by atoms with Gasteiger partial charge in [0, 0.05) is 11.8 Å². The Morgan fingerprint density at radius 2 is 1.69 bits per heavy atom. The first-order valence-electron chi connectivity index (χ1n) is 10.1. The number of hydrogen-bond acceptors (Lipinski definition) is 10. The Morgan fingerprint density at radius 3 is 2.28 bits per heavy atom. The number of nitrogens with one attached hydrogen (secondary N) is 1. The lowest BCUT2D eigenvalue weighted by atomic mass is 9.79. The molecule has 12 nitrogen and oxygen atoms in total. The number of benzene rings is 1. The first-order valence-corrected chi connectivity index (χ1v) is 11.6. The van der Waals surface area contributed by atoms with Crippen LogP contribution in [0.1, 0.15) is 16.7 Å². The highest BCUT2D eigenvalue weighted by Gasteiger charge is 2.39. The summed E-state index contributed by atoms with van der Waals surface area (Å²) in [5, 5.41) is 27.2. The van der Waals surface area contributed by atoms with E-state index in [0.717, 1.165) is 6.20 Å². The number of nitrogens with zero attached hydrogens (tertiary/aromatic N) is 3. The zero-order valence-electron chi connectivity index (χ0n) is 18.9. The predicted octanol–water partition coefficient (Wildman–Crippen LogP) is 2.42. The Kier molecular flexibility index (Phi) is 7.94. The van der Waals surface area contributed by atoms with Crippen LogP contribution in [0.15, 0.2) is 47.8 Å². The van der Waals surface area contributed by atoms with Crippen molar-refractivity contribution in [3.8, 4) is 5.88 Å². The Balaban J connectivity index is 0.000000255. The van der Waals surface area contributed by atoms with E-state index >= 15 is 0 Å². The number of nitrogen functional groups attached to an aromatic ring is 1. The smallest absolute Gasteiger partial charge is 0.491 e. The van der Waals surface area contributed by atoms with E-state index < -0.39 is 62.1 Å². The fourth-order valence-corrected chi connectivity index (χ4v) is 4.31. The molecule has 0 unspecified atom stereocenters. The molecule has 0 atom stereocenters. The van der Waals surface area contributed by atoms with Crippen molar-refractivity contribution in [1.82, 2.24) is 9.97 Å². The predicted molar refractivity (Wildman–Crippen MR) is 121 cm³/mol. The molecule has 3 heterocycles. The SMILES string of the molecule is Nc1cnc(S(=O)(=O)Nc2ccc3c(c2)B(O)OC3)c(C(F)(F)F)c1.O=[N+]([O-])c1cnc(O)c(C(F)(F)F)c1. The van der Waals surface area contributed by atoms with Crippen molar-refractivity contribution >= 4 is 39.7 Å². The van der Waals surface area contributed by atoms with Crippen molar-refractivity contribution in [2.75, 3.05) is 10.5 Å². The third-order valence-corrected chi connectivity index (χ3v) is 6.20. The molecule has 4 rings (SSSR count). The number of aromatic nitrogens is 2. The van der Waals surface area contributed by atoms with Gasteiger partial charge in [-0.05, 0) is 29.2 Å². The Hall–Kier alpha value is -4.17. The van der Waals surface area contributed by atoms with E-state index in [4.69, 9.17) is 15.5 Å². The molecular weight excluding hydrogens is 567 g/mol. The summed E-state index contributed by atoms with van der Waals surface area (Å²) in [7, 11) is -5.86. The molecule has 1 aliphatic heterocycles. The average Bonchev–Trinajstić information content (AvgIpc) is 3.18. The zero-order chi connectivity index (χ0) is 29.3. The van der Waals surface area contributed by atoms with Gasteiger partial charge in [-0.25, -0.2) is 9.97 Å². The normalized spacial score (nSPS) is 13.4. The average molecular weight is 581 g/mol. The highest BCUT2D eigenvalue weighted by molar-refractivity contribution is 7.92. The lowest BCUT2D eigenvalue weighted by Crippen LogP contribution is -2.28. The van der Waals surface area contributed by atoms with E-state index in [1.807, 2.05) is 4.72 Å². The summed E-state index contributed by atoms with van der Waals surface area (Å²) >= 11 is 0. The second-order valence-corrected chi connectivity index (χ2v) is 9.22. The number of sulfonamides is 1. The minimum Gasteiger partial charge on any atom is -0.493 e. The van der Waals surface area contributed by atoms with Crippen LogP contribution in [0.5, 0.6) is 5.88 Å². The molecule has 1 aliphatic rings. The first kappa shape index (κ1) is 29.4. The molecule has 0 fully saturated rings. The van der Waals surface area contributed by atoms with E-state index in [0.29, 0.717) is 23.3 Å². The van der Waals surface area contributed by atoms with Crippen LogP contribution in [0.2, 0.25) is 0 Å². The minimum atomic E-state index is -4.95. The summed E-state index contributed by atoms with van der Waals surface area (Å²) < 4.78 is 107. The van der Waals surface area contributed by atoms with Crippen molar-refractivity contribution < 1.29 is 54.5 Å². The summed E-state index contributed by atoms with van der Waals surface area (Å²) in [6, 6.07) is 4.87. The van der Waals surface area contributed by atoms with Crippen LogP contribution < -0.4 is 15.9 Å². The molecule has 39 heavy (non-hydrogen) atoms. The van der Waals surface area contributed by atoms with Gasteiger partial charge in [0.15, 0.2) is 5.03 Å². The second-order valence-electron chi connectivity index (χ2n) is 7.62. The number of pyridine rings is 2. The van der Waals surface area contributed by atoms with Gasteiger partial charge in [-0.3, -0.25) is 14.8 Å². The van der Waals surface area contributed by atoms with Crippen molar-refractivity contribution in [3.05, 3.63) is 69.5 Å². The summed E-state index contributed by atoms with van der Waals surface area (Å²) in [6.45, 7) is 0.154. The lowest BCUT2D eigenvalue weighted by molar-refractivity contribution is -0.385. The molecule has 0 saturated heterocycles. The number of aromatic hydroxyl groups is 1. The van der Waals surface area contributed by atoms with E-state index in [9.17, 15) is 49.9 Å². The zero-order valence-corrected chi connectivity index (χ0v) is 19.7. The molecule has 0 spiro atoms. The largest absolute Gasteiger partial charge is 0.493 e. The highest BCUT2D eigenvalue weighted by atomic mass is 32.2. The van der Waals surface area contributed by atoms with Gasteiger partial charge >= 0.3 is 19.5 Å². The van der Waals surface area contributed by atoms with Crippen LogP contribution in [-0.4, -0.2) is 40.6 Å². The molecule has 1 aromatic carbocycles. The van der Waals surface area contributed by atoms with Crippen molar-refractivity contribution in [3.63, 3.8) is 0 Å². The van der Waals surface area contributed by atoms with Crippen LogP contribution in [0.25, 0.3) is 0 Å². The molecule has 2 aromatic heterocycles. The highest BCUT2D eigenvalue weighted by Crippen LogP contribution is 2.36. The molecule has 208 valence electrons. The molecule has 0 amide bonds. The molecule has 3 aromatic rings. The van der Waals surface area contributed by atoms with Gasteiger partial charge in [-0.15, -0.1) is 0 Å². The molecule has 0 bridgehead atoms. The van der Waals surface area contributed by atoms with Gasteiger partial charge in [-0.2, -0.15) is 34.8 Å². The van der Waals surface area contributed by atoms with Crippen LogP contribution in [0.4, 0.5) is 43.4 Å². The van der Waals surface area contributed by atoms with Crippen molar-refractivity contribution in [2.45, 2.75) is 24.0 Å². The molecule has 0 aliphatic carbocycles. The number of halogens is 6. The number of nitro groups is 1. The molecule has 0 radical (unpaired) electrons. The quantitative estimate of drug-likeness (QED) is 0.154. The number of fused-ring (bicyclic) bond motifs is 1. The first-order chi connectivity index (χ1) is 17.9. The van der Waals surface area contributed by atoms with Gasteiger partial charge in [0.2, 0.25) is 5.88 Å². The number of alkyl halides is 6. The Labute approximate surface area is 214 Å². The van der Waals surface area contributed by atoms with E-state index in [1.165, 1.54) is 18.2 Å². The molecule has 20 heteroatoms. The van der Waals surface area contributed by atoms with Crippen LogP contribution in [-0.2, 0) is 33.6 Å². The molecule has 0 saturated carbocycles.